The zero-order chi connectivity index (χ0) is 22.7. The van der Waals surface area contributed by atoms with Crippen LogP contribution in [0.5, 0.6) is 0 Å². The van der Waals surface area contributed by atoms with E-state index in [0.717, 1.165) is 34.1 Å². The number of nitrogens with one attached hydrogen (secondary N) is 1. The summed E-state index contributed by atoms with van der Waals surface area (Å²) in [6.45, 7) is 1.26. The smallest absolute Gasteiger partial charge is 0.252 e. The quantitative estimate of drug-likeness (QED) is 0.504. The first kappa shape index (κ1) is 21.5. The van der Waals surface area contributed by atoms with Crippen LogP contribution in [0.1, 0.15) is 21.5 Å². The van der Waals surface area contributed by atoms with Gasteiger partial charge in [-0.05, 0) is 42.4 Å². The summed E-state index contributed by atoms with van der Waals surface area (Å²) in [6.07, 6.45) is 0. The molecular weight excluding hydrogens is 398 g/mol. The molecule has 0 saturated heterocycles. The molecule has 1 N–H and O–H groups in total. The maximum Gasteiger partial charge on any atom is 0.252 e. The monoisotopic (exact) mass is 425 g/mol. The van der Waals surface area contributed by atoms with Crippen LogP contribution in [0.2, 0.25) is 0 Å². The Bertz CT molecular complexity index is 1320. The maximum atomic E-state index is 13.0. The van der Waals surface area contributed by atoms with Crippen molar-refractivity contribution in [1.82, 2.24) is 14.8 Å². The number of pyridine rings is 1. The molecule has 0 bridgehead atoms. The zero-order valence-electron chi connectivity index (χ0n) is 18.6. The summed E-state index contributed by atoms with van der Waals surface area (Å²) >= 11 is 0. The predicted octanol–water partition coefficient (Wildman–Crippen LogP) is 4.20. The second-order valence-electron chi connectivity index (χ2n) is 8.25. The van der Waals surface area contributed by atoms with Gasteiger partial charge in [-0.2, -0.15) is 0 Å². The Labute approximate surface area is 187 Å². The lowest BCUT2D eigenvalue weighted by molar-refractivity contribution is 0.0952. The summed E-state index contributed by atoms with van der Waals surface area (Å²) in [5.41, 5.74) is 5.40. The first-order valence-corrected chi connectivity index (χ1v) is 10.6. The Balaban J connectivity index is 1.58. The van der Waals surface area contributed by atoms with Gasteiger partial charge in [0.05, 0.1) is 11.1 Å². The third-order valence-electron chi connectivity index (χ3n) is 5.62. The number of carbonyl (C=O) groups is 1. The molecule has 162 valence electrons. The van der Waals surface area contributed by atoms with E-state index < -0.39 is 0 Å². The van der Waals surface area contributed by atoms with Crippen molar-refractivity contribution in [3.05, 3.63) is 106 Å². The van der Waals surface area contributed by atoms with Gasteiger partial charge < -0.3 is 14.8 Å². The zero-order valence-corrected chi connectivity index (χ0v) is 18.6. The van der Waals surface area contributed by atoms with E-state index in [1.807, 2.05) is 42.5 Å². The van der Waals surface area contributed by atoms with E-state index in [9.17, 15) is 9.59 Å². The van der Waals surface area contributed by atoms with E-state index in [1.165, 1.54) is 11.6 Å². The molecule has 0 atom stereocenters. The summed E-state index contributed by atoms with van der Waals surface area (Å²) in [4.78, 5) is 27.5. The van der Waals surface area contributed by atoms with E-state index in [2.05, 4.69) is 54.6 Å². The SMILES string of the molecule is CN(C)Cc1ccc(-c2ccccc2CNC(=O)c2cc(=O)n(C)c3ccccc23)cc1. The lowest BCUT2D eigenvalue weighted by Crippen LogP contribution is -2.26. The second-order valence-corrected chi connectivity index (χ2v) is 8.25. The number of carbonyl (C=O) groups excluding carboxylic acids is 1. The Morgan fingerprint density at radius 2 is 1.62 bits per heavy atom. The fourth-order valence-electron chi connectivity index (χ4n) is 3.98. The predicted molar refractivity (Wildman–Crippen MR) is 130 cm³/mol. The lowest BCUT2D eigenvalue weighted by Gasteiger charge is -2.14. The second kappa shape index (κ2) is 9.20. The first-order valence-electron chi connectivity index (χ1n) is 10.6. The standard InChI is InChI=1S/C27H27N3O2/c1-29(2)18-19-12-14-20(15-13-19)22-9-5-4-8-21(22)17-28-27(32)24-16-26(31)30(3)25-11-7-6-10-23(24)25/h4-16H,17-18H2,1-3H3,(H,28,32). The molecule has 4 aromatic rings. The van der Waals surface area contributed by atoms with Crippen molar-refractivity contribution in [3.8, 4) is 11.1 Å². The minimum atomic E-state index is -0.255. The maximum absolute atomic E-state index is 13.0. The Morgan fingerprint density at radius 3 is 2.38 bits per heavy atom. The molecule has 0 aliphatic rings. The number of nitrogens with zero attached hydrogens (tertiary/aromatic N) is 2. The van der Waals surface area contributed by atoms with Crippen LogP contribution >= 0.6 is 0 Å². The van der Waals surface area contributed by atoms with Gasteiger partial charge in [-0.1, -0.05) is 66.7 Å². The van der Waals surface area contributed by atoms with Crippen molar-refractivity contribution in [2.45, 2.75) is 13.1 Å². The van der Waals surface area contributed by atoms with Crippen molar-refractivity contribution in [2.24, 2.45) is 7.05 Å². The molecule has 1 amide bonds. The molecule has 0 unspecified atom stereocenters. The summed E-state index contributed by atoms with van der Waals surface area (Å²) in [5, 5.41) is 3.77. The molecule has 0 saturated carbocycles. The third-order valence-corrected chi connectivity index (χ3v) is 5.62. The number of aromatic nitrogens is 1. The largest absolute Gasteiger partial charge is 0.348 e. The number of fused-ring (bicyclic) bond motifs is 1. The molecule has 0 fully saturated rings. The number of hydrogen-bond donors (Lipinski definition) is 1. The van der Waals surface area contributed by atoms with Gasteiger partial charge in [0.15, 0.2) is 0 Å². The van der Waals surface area contributed by atoms with Gasteiger partial charge in [0, 0.05) is 31.6 Å². The van der Waals surface area contributed by atoms with Gasteiger partial charge in [-0.3, -0.25) is 9.59 Å². The highest BCUT2D eigenvalue weighted by Crippen LogP contribution is 2.25. The molecule has 0 radical (unpaired) electrons. The van der Waals surface area contributed by atoms with E-state index in [4.69, 9.17) is 0 Å². The highest BCUT2D eigenvalue weighted by molar-refractivity contribution is 6.06. The molecule has 4 rings (SSSR count). The van der Waals surface area contributed by atoms with E-state index in [-0.39, 0.29) is 11.5 Å². The average molecular weight is 426 g/mol. The normalized spacial score (nSPS) is 11.1. The van der Waals surface area contributed by atoms with E-state index in [1.54, 1.807) is 11.6 Å². The number of aryl methyl sites for hydroxylation is 1. The molecule has 0 spiro atoms. The third kappa shape index (κ3) is 4.48. The molecular formula is C27H27N3O2. The Morgan fingerprint density at radius 1 is 0.938 bits per heavy atom. The van der Waals surface area contributed by atoms with Gasteiger partial charge in [0.25, 0.3) is 11.5 Å². The van der Waals surface area contributed by atoms with Crippen molar-refractivity contribution < 1.29 is 4.79 Å². The molecule has 0 aliphatic carbocycles. The van der Waals surface area contributed by atoms with Gasteiger partial charge in [-0.15, -0.1) is 0 Å². The number of benzene rings is 3. The molecule has 1 heterocycles. The van der Waals surface area contributed by atoms with Gasteiger partial charge in [0.2, 0.25) is 0 Å². The summed E-state index contributed by atoms with van der Waals surface area (Å²) < 4.78 is 1.56. The van der Waals surface area contributed by atoms with Crippen LogP contribution < -0.4 is 10.9 Å². The molecule has 5 nitrogen and oxygen atoms in total. The Hall–Kier alpha value is -3.70. The fraction of sp³-hybridized carbons (Fsp3) is 0.185. The summed E-state index contributed by atoms with van der Waals surface area (Å²) in [5.74, 6) is -0.255. The molecule has 3 aromatic carbocycles. The van der Waals surface area contributed by atoms with Crippen LogP contribution in [0.15, 0.2) is 83.7 Å². The molecule has 1 aromatic heterocycles. The number of rotatable bonds is 6. The Kier molecular flexibility index (Phi) is 6.19. The number of amides is 1. The molecule has 0 aliphatic heterocycles. The first-order chi connectivity index (χ1) is 15.4. The van der Waals surface area contributed by atoms with Crippen molar-refractivity contribution >= 4 is 16.8 Å². The van der Waals surface area contributed by atoms with Crippen LogP contribution in [-0.2, 0) is 20.1 Å². The highest BCUT2D eigenvalue weighted by Gasteiger charge is 2.14. The summed E-state index contributed by atoms with van der Waals surface area (Å²) in [7, 11) is 5.82. The van der Waals surface area contributed by atoms with Crippen LogP contribution in [0.4, 0.5) is 0 Å². The number of hydrogen-bond acceptors (Lipinski definition) is 3. The van der Waals surface area contributed by atoms with Crippen molar-refractivity contribution in [2.75, 3.05) is 14.1 Å². The van der Waals surface area contributed by atoms with Crippen molar-refractivity contribution in [3.63, 3.8) is 0 Å². The van der Waals surface area contributed by atoms with Crippen molar-refractivity contribution in [1.29, 1.82) is 0 Å². The lowest BCUT2D eigenvalue weighted by atomic mass is 9.98. The van der Waals surface area contributed by atoms with Crippen LogP contribution in [-0.4, -0.2) is 29.5 Å². The minimum Gasteiger partial charge on any atom is -0.348 e. The number of para-hydroxylation sites is 1. The highest BCUT2D eigenvalue weighted by atomic mass is 16.2. The molecule has 32 heavy (non-hydrogen) atoms. The van der Waals surface area contributed by atoms with Crippen LogP contribution in [0.25, 0.3) is 22.0 Å². The van der Waals surface area contributed by atoms with E-state index >= 15 is 0 Å². The van der Waals surface area contributed by atoms with Gasteiger partial charge >= 0.3 is 0 Å². The fourth-order valence-corrected chi connectivity index (χ4v) is 3.98. The van der Waals surface area contributed by atoms with Gasteiger partial charge in [-0.25, -0.2) is 0 Å². The van der Waals surface area contributed by atoms with Gasteiger partial charge in [0.1, 0.15) is 0 Å². The van der Waals surface area contributed by atoms with Crippen LogP contribution in [0, 0.1) is 0 Å². The van der Waals surface area contributed by atoms with E-state index in [0.29, 0.717) is 12.1 Å². The minimum absolute atomic E-state index is 0.202. The summed E-state index contributed by atoms with van der Waals surface area (Å²) in [6, 6.07) is 25.4. The topological polar surface area (TPSA) is 54.3 Å². The van der Waals surface area contributed by atoms with Crippen LogP contribution in [0.3, 0.4) is 0 Å². The average Bonchev–Trinajstić information content (AvgIpc) is 2.80. The molecule has 5 heteroatoms.